The Labute approximate surface area is 140 Å². The van der Waals surface area contributed by atoms with E-state index in [1.807, 2.05) is 73.3 Å². The molecule has 0 bridgehead atoms. The smallest absolute Gasteiger partial charge is 0.242 e. The number of carbonyl (C=O) groups excluding carboxylic acids is 1. The molecule has 0 unspecified atom stereocenters. The number of halogens is 1. The monoisotopic (exact) mass is 360 g/mol. The third kappa shape index (κ3) is 4.88. The van der Waals surface area contributed by atoms with E-state index in [1.165, 1.54) is 0 Å². The van der Waals surface area contributed by atoms with Crippen molar-refractivity contribution in [1.29, 1.82) is 0 Å². The molecule has 22 heavy (non-hydrogen) atoms. The van der Waals surface area contributed by atoms with Gasteiger partial charge in [0.25, 0.3) is 0 Å². The fourth-order valence-corrected chi connectivity index (χ4v) is 2.45. The number of carbonyl (C=O) groups is 1. The zero-order valence-electron chi connectivity index (χ0n) is 12.9. The minimum Gasteiger partial charge on any atom is -0.376 e. The van der Waals surface area contributed by atoms with Gasteiger partial charge in [-0.25, -0.2) is 0 Å². The van der Waals surface area contributed by atoms with Gasteiger partial charge in [-0.05, 0) is 43.7 Å². The standard InChI is InChI=1S/C18H21BrN2O/c1-14(2)21(13-15-6-4-3-5-7-15)18(22)12-20-17-10-8-16(19)9-11-17/h3-11,14,20H,12-13H2,1-2H3. The maximum atomic E-state index is 12.5. The molecule has 0 aromatic heterocycles. The highest BCUT2D eigenvalue weighted by Crippen LogP contribution is 2.14. The summed E-state index contributed by atoms with van der Waals surface area (Å²) < 4.78 is 1.03. The first kappa shape index (κ1) is 16.6. The first-order valence-electron chi connectivity index (χ1n) is 7.39. The number of nitrogens with one attached hydrogen (secondary N) is 1. The first-order valence-corrected chi connectivity index (χ1v) is 8.18. The van der Waals surface area contributed by atoms with Crippen LogP contribution in [-0.2, 0) is 11.3 Å². The van der Waals surface area contributed by atoms with Crippen LogP contribution in [0.1, 0.15) is 19.4 Å². The molecule has 0 fully saturated rings. The van der Waals surface area contributed by atoms with Gasteiger partial charge < -0.3 is 10.2 Å². The van der Waals surface area contributed by atoms with E-state index in [0.29, 0.717) is 13.1 Å². The van der Waals surface area contributed by atoms with Gasteiger partial charge in [-0.1, -0.05) is 46.3 Å². The van der Waals surface area contributed by atoms with Crippen molar-refractivity contribution in [2.24, 2.45) is 0 Å². The van der Waals surface area contributed by atoms with Gasteiger partial charge in [0.2, 0.25) is 5.91 Å². The third-order valence-electron chi connectivity index (χ3n) is 3.43. The van der Waals surface area contributed by atoms with Crippen molar-refractivity contribution >= 4 is 27.5 Å². The van der Waals surface area contributed by atoms with Crippen LogP contribution < -0.4 is 5.32 Å². The minimum atomic E-state index is 0.0989. The molecule has 4 heteroatoms. The van der Waals surface area contributed by atoms with Gasteiger partial charge in [0.15, 0.2) is 0 Å². The zero-order chi connectivity index (χ0) is 15.9. The third-order valence-corrected chi connectivity index (χ3v) is 3.96. The van der Waals surface area contributed by atoms with E-state index in [2.05, 4.69) is 21.2 Å². The molecule has 0 saturated heterocycles. The maximum absolute atomic E-state index is 12.5. The van der Waals surface area contributed by atoms with Crippen molar-refractivity contribution in [3.63, 3.8) is 0 Å². The summed E-state index contributed by atoms with van der Waals surface area (Å²) >= 11 is 3.40. The second-order valence-electron chi connectivity index (χ2n) is 5.46. The molecule has 116 valence electrons. The van der Waals surface area contributed by atoms with Crippen molar-refractivity contribution in [1.82, 2.24) is 4.90 Å². The summed E-state index contributed by atoms with van der Waals surface area (Å²) in [5.74, 6) is 0.0989. The lowest BCUT2D eigenvalue weighted by atomic mass is 10.2. The summed E-state index contributed by atoms with van der Waals surface area (Å²) in [5.41, 5.74) is 2.09. The average molecular weight is 361 g/mol. The van der Waals surface area contributed by atoms with Gasteiger partial charge in [-0.3, -0.25) is 4.79 Å². The highest BCUT2D eigenvalue weighted by molar-refractivity contribution is 9.10. The van der Waals surface area contributed by atoms with E-state index < -0.39 is 0 Å². The molecule has 0 atom stereocenters. The maximum Gasteiger partial charge on any atom is 0.242 e. The van der Waals surface area contributed by atoms with Gasteiger partial charge in [0, 0.05) is 22.7 Å². The highest BCUT2D eigenvalue weighted by Gasteiger charge is 2.16. The quantitative estimate of drug-likeness (QED) is 0.832. The van der Waals surface area contributed by atoms with E-state index in [4.69, 9.17) is 0 Å². The Kier molecular flexibility index (Phi) is 6.01. The van der Waals surface area contributed by atoms with Crippen LogP contribution >= 0.6 is 15.9 Å². The van der Waals surface area contributed by atoms with Crippen LogP contribution in [0.25, 0.3) is 0 Å². The second kappa shape index (κ2) is 7.99. The molecule has 0 saturated carbocycles. The van der Waals surface area contributed by atoms with Crippen LogP contribution in [0.5, 0.6) is 0 Å². The van der Waals surface area contributed by atoms with E-state index in [-0.39, 0.29) is 11.9 Å². The van der Waals surface area contributed by atoms with Crippen molar-refractivity contribution in [2.75, 3.05) is 11.9 Å². The Morgan fingerprint density at radius 1 is 1.09 bits per heavy atom. The number of hydrogen-bond acceptors (Lipinski definition) is 2. The van der Waals surface area contributed by atoms with Gasteiger partial charge >= 0.3 is 0 Å². The molecule has 0 spiro atoms. The number of benzene rings is 2. The van der Waals surface area contributed by atoms with Crippen molar-refractivity contribution in [3.05, 3.63) is 64.6 Å². The molecule has 2 rings (SSSR count). The second-order valence-corrected chi connectivity index (χ2v) is 6.38. The first-order chi connectivity index (χ1) is 10.6. The Morgan fingerprint density at radius 2 is 1.73 bits per heavy atom. The Balaban J connectivity index is 1.96. The molecule has 0 aliphatic heterocycles. The lowest BCUT2D eigenvalue weighted by molar-refractivity contribution is -0.131. The lowest BCUT2D eigenvalue weighted by Crippen LogP contribution is -2.39. The Hall–Kier alpha value is -1.81. The number of rotatable bonds is 6. The summed E-state index contributed by atoms with van der Waals surface area (Å²) in [6.07, 6.45) is 0. The van der Waals surface area contributed by atoms with Crippen LogP contribution in [0.4, 0.5) is 5.69 Å². The number of nitrogens with zero attached hydrogens (tertiary/aromatic N) is 1. The average Bonchev–Trinajstić information content (AvgIpc) is 2.52. The SMILES string of the molecule is CC(C)N(Cc1ccccc1)C(=O)CNc1ccc(Br)cc1. The number of hydrogen-bond donors (Lipinski definition) is 1. The Morgan fingerprint density at radius 3 is 2.32 bits per heavy atom. The van der Waals surface area contributed by atoms with E-state index in [9.17, 15) is 4.79 Å². The summed E-state index contributed by atoms with van der Waals surface area (Å²) in [6.45, 7) is 5.02. The van der Waals surface area contributed by atoms with Gasteiger partial charge in [0.05, 0.1) is 6.54 Å². The molecule has 2 aromatic carbocycles. The fraction of sp³-hybridized carbons (Fsp3) is 0.278. The molecule has 1 amide bonds. The van der Waals surface area contributed by atoms with Crippen LogP contribution in [0.3, 0.4) is 0 Å². The predicted molar refractivity (Wildman–Crippen MR) is 94.8 cm³/mol. The van der Waals surface area contributed by atoms with Crippen LogP contribution in [0.2, 0.25) is 0 Å². The normalized spacial score (nSPS) is 10.5. The van der Waals surface area contributed by atoms with Gasteiger partial charge in [-0.2, -0.15) is 0 Å². The summed E-state index contributed by atoms with van der Waals surface area (Å²) in [4.78, 5) is 14.4. The number of anilines is 1. The van der Waals surface area contributed by atoms with Crippen molar-refractivity contribution in [2.45, 2.75) is 26.4 Å². The molecule has 3 nitrogen and oxygen atoms in total. The molecule has 0 radical (unpaired) electrons. The van der Waals surface area contributed by atoms with Gasteiger partial charge in [-0.15, -0.1) is 0 Å². The topological polar surface area (TPSA) is 32.3 Å². The van der Waals surface area contributed by atoms with E-state index >= 15 is 0 Å². The minimum absolute atomic E-state index is 0.0989. The van der Waals surface area contributed by atoms with Crippen LogP contribution in [0.15, 0.2) is 59.1 Å². The molecule has 1 N–H and O–H groups in total. The summed E-state index contributed by atoms with van der Waals surface area (Å²) in [6, 6.07) is 18.1. The number of amides is 1. The van der Waals surface area contributed by atoms with E-state index in [1.54, 1.807) is 0 Å². The molecular weight excluding hydrogens is 340 g/mol. The van der Waals surface area contributed by atoms with Crippen LogP contribution in [0, 0.1) is 0 Å². The lowest BCUT2D eigenvalue weighted by Gasteiger charge is -2.27. The highest BCUT2D eigenvalue weighted by atomic mass is 79.9. The fourth-order valence-electron chi connectivity index (χ4n) is 2.19. The summed E-state index contributed by atoms with van der Waals surface area (Å²) in [5, 5.41) is 3.18. The largest absolute Gasteiger partial charge is 0.376 e. The molecule has 0 heterocycles. The van der Waals surface area contributed by atoms with Crippen LogP contribution in [-0.4, -0.2) is 23.4 Å². The predicted octanol–water partition coefficient (Wildman–Crippen LogP) is 4.30. The van der Waals surface area contributed by atoms with Crippen molar-refractivity contribution in [3.8, 4) is 0 Å². The molecule has 0 aliphatic carbocycles. The summed E-state index contributed by atoms with van der Waals surface area (Å²) in [7, 11) is 0. The molecular formula is C18H21BrN2O. The molecule has 2 aromatic rings. The van der Waals surface area contributed by atoms with E-state index in [0.717, 1.165) is 15.7 Å². The van der Waals surface area contributed by atoms with Crippen molar-refractivity contribution < 1.29 is 4.79 Å². The Bertz CT molecular complexity index is 596. The zero-order valence-corrected chi connectivity index (χ0v) is 14.5. The van der Waals surface area contributed by atoms with Gasteiger partial charge in [0.1, 0.15) is 0 Å². The molecule has 0 aliphatic rings.